The van der Waals surface area contributed by atoms with Crippen LogP contribution < -0.4 is 9.47 Å². The summed E-state index contributed by atoms with van der Waals surface area (Å²) in [7, 11) is 0. The summed E-state index contributed by atoms with van der Waals surface area (Å²) in [5.74, 6) is 0.696. The molecule has 3 aromatic rings. The summed E-state index contributed by atoms with van der Waals surface area (Å²) in [5.41, 5.74) is 2.25. The zero-order chi connectivity index (χ0) is 24.9. The molecule has 9 heteroatoms. The Bertz CT molecular complexity index is 1290. The van der Waals surface area contributed by atoms with Crippen LogP contribution in [-0.2, 0) is 17.9 Å². The van der Waals surface area contributed by atoms with E-state index in [2.05, 4.69) is 15.9 Å². The van der Waals surface area contributed by atoms with Crippen molar-refractivity contribution in [2.75, 3.05) is 6.61 Å². The van der Waals surface area contributed by atoms with Gasteiger partial charge in [-0.05, 0) is 66.2 Å². The Balaban J connectivity index is 1.53. The fourth-order valence-corrected chi connectivity index (χ4v) is 5.16. The molecule has 1 saturated heterocycles. The van der Waals surface area contributed by atoms with Crippen LogP contribution in [0.3, 0.4) is 0 Å². The summed E-state index contributed by atoms with van der Waals surface area (Å²) >= 11 is 16.9. The molecule has 1 fully saturated rings. The summed E-state index contributed by atoms with van der Waals surface area (Å²) in [5, 5.41) is 0.731. The van der Waals surface area contributed by atoms with E-state index in [9.17, 15) is 9.59 Å². The molecule has 5 nitrogen and oxygen atoms in total. The number of nitrogens with zero attached hydrogens (tertiary/aromatic N) is 1. The molecule has 0 aliphatic carbocycles. The third-order valence-electron chi connectivity index (χ3n) is 5.16. The number of benzene rings is 3. The molecule has 1 heterocycles. The molecule has 0 atom stereocenters. The second-order valence-corrected chi connectivity index (χ2v) is 10.1. The smallest absolute Gasteiger partial charge is 0.293 e. The van der Waals surface area contributed by atoms with Gasteiger partial charge in [-0.25, -0.2) is 0 Å². The van der Waals surface area contributed by atoms with Crippen LogP contribution in [0.1, 0.15) is 23.6 Å². The number of thioether (sulfide) groups is 1. The van der Waals surface area contributed by atoms with Crippen molar-refractivity contribution >= 4 is 68.1 Å². The summed E-state index contributed by atoms with van der Waals surface area (Å²) in [6.07, 6.45) is 1.68. The number of carbonyl (C=O) groups excluding carboxylic acids is 2. The average molecular weight is 593 g/mol. The number of halogens is 3. The van der Waals surface area contributed by atoms with Crippen LogP contribution in [-0.4, -0.2) is 22.7 Å². The molecule has 0 bridgehead atoms. The molecular formula is C26H20BrCl2NO4S. The lowest BCUT2D eigenvalue weighted by atomic mass is 10.1. The molecule has 0 N–H and O–H groups in total. The fourth-order valence-electron chi connectivity index (χ4n) is 3.41. The number of carbonyl (C=O) groups is 2. The maximum Gasteiger partial charge on any atom is 0.293 e. The van der Waals surface area contributed by atoms with Crippen molar-refractivity contribution in [1.29, 1.82) is 0 Å². The van der Waals surface area contributed by atoms with E-state index in [1.807, 2.05) is 31.2 Å². The monoisotopic (exact) mass is 591 g/mol. The lowest BCUT2D eigenvalue weighted by Crippen LogP contribution is -2.27. The molecular weight excluding hydrogens is 573 g/mol. The Morgan fingerprint density at radius 3 is 2.43 bits per heavy atom. The van der Waals surface area contributed by atoms with Gasteiger partial charge >= 0.3 is 0 Å². The molecule has 0 unspecified atom stereocenters. The van der Waals surface area contributed by atoms with Gasteiger partial charge in [0, 0.05) is 20.1 Å². The highest BCUT2D eigenvalue weighted by molar-refractivity contribution is 9.10. The first kappa shape index (κ1) is 25.6. The highest BCUT2D eigenvalue weighted by Gasteiger charge is 2.35. The van der Waals surface area contributed by atoms with E-state index < -0.39 is 0 Å². The van der Waals surface area contributed by atoms with Gasteiger partial charge in [-0.1, -0.05) is 69.5 Å². The molecule has 0 saturated carbocycles. The van der Waals surface area contributed by atoms with Crippen LogP contribution in [0.5, 0.6) is 11.5 Å². The van der Waals surface area contributed by atoms with Gasteiger partial charge in [0.15, 0.2) is 11.5 Å². The second-order valence-electron chi connectivity index (χ2n) is 7.49. The van der Waals surface area contributed by atoms with E-state index in [4.69, 9.17) is 32.7 Å². The van der Waals surface area contributed by atoms with Crippen molar-refractivity contribution in [3.63, 3.8) is 0 Å². The minimum atomic E-state index is -0.331. The van der Waals surface area contributed by atoms with Crippen LogP contribution in [0.4, 0.5) is 4.79 Å². The molecule has 2 amide bonds. The summed E-state index contributed by atoms with van der Waals surface area (Å²) in [6, 6.07) is 18.1. The second kappa shape index (κ2) is 11.5. The van der Waals surface area contributed by atoms with Gasteiger partial charge < -0.3 is 9.47 Å². The van der Waals surface area contributed by atoms with E-state index in [0.717, 1.165) is 21.8 Å². The topological polar surface area (TPSA) is 55.8 Å². The number of ether oxygens (including phenoxy) is 2. The molecule has 3 aromatic carbocycles. The van der Waals surface area contributed by atoms with Gasteiger partial charge in [-0.2, -0.15) is 0 Å². The van der Waals surface area contributed by atoms with Crippen molar-refractivity contribution < 1.29 is 19.1 Å². The van der Waals surface area contributed by atoms with Crippen LogP contribution in [0, 0.1) is 0 Å². The molecule has 1 aliphatic rings. The maximum absolute atomic E-state index is 13.0. The molecule has 4 rings (SSSR count). The standard InChI is InChI=1S/C26H20BrCl2NO4S/c1-2-33-23-12-16(10-11-22(23)34-15-18-20(28)8-5-9-21(18)29)13-24-25(31)30(26(32)35-24)14-17-6-3-4-7-19(17)27/h3-13H,2,14-15H2,1H3/b24-13-. The maximum atomic E-state index is 13.0. The van der Waals surface area contributed by atoms with Crippen molar-refractivity contribution in [3.05, 3.63) is 96.8 Å². The van der Waals surface area contributed by atoms with Crippen LogP contribution in [0.15, 0.2) is 70.0 Å². The van der Waals surface area contributed by atoms with Crippen molar-refractivity contribution in [1.82, 2.24) is 4.90 Å². The van der Waals surface area contributed by atoms with E-state index >= 15 is 0 Å². The van der Waals surface area contributed by atoms with Crippen LogP contribution >= 0.6 is 50.9 Å². The summed E-state index contributed by atoms with van der Waals surface area (Å²) < 4.78 is 12.5. The third-order valence-corrected chi connectivity index (χ3v) is 7.55. The molecule has 0 radical (unpaired) electrons. The number of hydrogen-bond donors (Lipinski definition) is 0. The van der Waals surface area contributed by atoms with Gasteiger partial charge in [-0.15, -0.1) is 0 Å². The zero-order valence-corrected chi connectivity index (χ0v) is 22.5. The lowest BCUT2D eigenvalue weighted by molar-refractivity contribution is -0.123. The van der Waals surface area contributed by atoms with Gasteiger partial charge in [0.05, 0.1) is 18.1 Å². The quantitative estimate of drug-likeness (QED) is 0.248. The minimum Gasteiger partial charge on any atom is -0.490 e. The van der Waals surface area contributed by atoms with Crippen molar-refractivity contribution in [2.24, 2.45) is 0 Å². The first-order valence-corrected chi connectivity index (χ1v) is 13.0. The van der Waals surface area contributed by atoms with Gasteiger partial charge in [0.1, 0.15) is 6.61 Å². The zero-order valence-electron chi connectivity index (χ0n) is 18.6. The molecule has 0 aromatic heterocycles. The Kier molecular flexibility index (Phi) is 8.44. The Morgan fingerprint density at radius 2 is 1.71 bits per heavy atom. The van der Waals surface area contributed by atoms with Gasteiger partial charge in [0.25, 0.3) is 11.1 Å². The molecule has 1 aliphatic heterocycles. The lowest BCUT2D eigenvalue weighted by Gasteiger charge is -2.14. The van der Waals surface area contributed by atoms with Gasteiger partial charge in [-0.3, -0.25) is 14.5 Å². The molecule has 0 spiro atoms. The highest BCUT2D eigenvalue weighted by atomic mass is 79.9. The minimum absolute atomic E-state index is 0.172. The van der Waals surface area contributed by atoms with Crippen LogP contribution in [0.25, 0.3) is 6.08 Å². The first-order chi connectivity index (χ1) is 16.9. The van der Waals surface area contributed by atoms with Crippen molar-refractivity contribution in [3.8, 4) is 11.5 Å². The molecule has 180 valence electrons. The summed E-state index contributed by atoms with van der Waals surface area (Å²) in [4.78, 5) is 27.1. The van der Waals surface area contributed by atoms with E-state index in [0.29, 0.717) is 44.2 Å². The predicted octanol–water partition coefficient (Wildman–Crippen LogP) is 7.97. The van der Waals surface area contributed by atoms with Crippen molar-refractivity contribution in [2.45, 2.75) is 20.1 Å². The Labute approximate surface area is 226 Å². The SMILES string of the molecule is CCOc1cc(/C=C2\SC(=O)N(Cc3ccccc3Br)C2=O)ccc1OCc1c(Cl)cccc1Cl. The average Bonchev–Trinajstić information content (AvgIpc) is 3.09. The summed E-state index contributed by atoms with van der Waals surface area (Å²) in [6.45, 7) is 2.67. The van der Waals surface area contributed by atoms with E-state index in [1.165, 1.54) is 4.90 Å². The Hall–Kier alpha value is -2.45. The van der Waals surface area contributed by atoms with Gasteiger partial charge in [0.2, 0.25) is 0 Å². The Morgan fingerprint density at radius 1 is 0.971 bits per heavy atom. The first-order valence-electron chi connectivity index (χ1n) is 10.7. The van der Waals surface area contributed by atoms with E-state index in [-0.39, 0.29) is 24.3 Å². The van der Waals surface area contributed by atoms with Crippen LogP contribution in [0.2, 0.25) is 10.0 Å². The predicted molar refractivity (Wildman–Crippen MR) is 144 cm³/mol. The normalized spacial score (nSPS) is 14.6. The number of imide groups is 1. The number of amides is 2. The fraction of sp³-hybridized carbons (Fsp3) is 0.154. The highest BCUT2D eigenvalue weighted by Crippen LogP contribution is 2.36. The largest absolute Gasteiger partial charge is 0.490 e. The molecule has 35 heavy (non-hydrogen) atoms. The third kappa shape index (κ3) is 6.04. The number of rotatable bonds is 8. The van der Waals surface area contributed by atoms with E-state index in [1.54, 1.807) is 42.5 Å². The number of hydrogen-bond acceptors (Lipinski definition) is 5.